The average molecular weight is 378 g/mol. The Bertz CT molecular complexity index is 1010. The summed E-state index contributed by atoms with van der Waals surface area (Å²) in [7, 11) is 1.28. The Morgan fingerprint density at radius 2 is 1.73 bits per heavy atom. The van der Waals surface area contributed by atoms with Crippen molar-refractivity contribution in [3.05, 3.63) is 76.1 Å². The summed E-state index contributed by atoms with van der Waals surface area (Å²) in [5, 5.41) is 0. The van der Waals surface area contributed by atoms with Crippen molar-refractivity contribution in [2.75, 3.05) is 7.11 Å². The van der Waals surface area contributed by atoms with Gasteiger partial charge in [-0.2, -0.15) is 4.39 Å². The number of nitrogens with zero attached hydrogens (tertiary/aromatic N) is 1. The van der Waals surface area contributed by atoms with E-state index in [0.29, 0.717) is 21.7 Å². The molecule has 7 heteroatoms. The topological polar surface area (TPSA) is 29.9 Å². The van der Waals surface area contributed by atoms with Gasteiger partial charge < -0.3 is 9.72 Å². The van der Waals surface area contributed by atoms with Gasteiger partial charge in [0.15, 0.2) is 16.3 Å². The van der Waals surface area contributed by atoms with Crippen molar-refractivity contribution in [3.63, 3.8) is 0 Å². The van der Waals surface area contributed by atoms with E-state index < -0.39 is 17.0 Å². The van der Waals surface area contributed by atoms with Gasteiger partial charge in [0.05, 0.1) is 12.8 Å². The molecule has 0 saturated heterocycles. The minimum atomic E-state index is -1.03. The van der Waals surface area contributed by atoms with E-state index in [-0.39, 0.29) is 11.6 Å². The normalized spacial score (nSPS) is 11.6. The Kier molecular flexibility index (Phi) is 4.66. The largest absolute Gasteiger partial charge is 0.494 e. The summed E-state index contributed by atoms with van der Waals surface area (Å²) in [5.74, 6) is -2.55. The molecule has 3 aromatic rings. The molecular formula is C19H17F3N2OS. The third-order valence-electron chi connectivity index (χ3n) is 4.44. The fraction of sp³-hybridized carbons (Fsp3) is 0.211. The number of nitrogens with one attached hydrogen (secondary N) is 1. The van der Waals surface area contributed by atoms with Crippen LogP contribution in [0.25, 0.3) is 5.69 Å². The molecule has 0 fully saturated rings. The lowest BCUT2D eigenvalue weighted by atomic mass is 9.81. The van der Waals surface area contributed by atoms with Crippen molar-refractivity contribution >= 4 is 12.2 Å². The van der Waals surface area contributed by atoms with Crippen LogP contribution in [0.15, 0.2) is 42.6 Å². The number of benzene rings is 2. The highest BCUT2D eigenvalue weighted by Gasteiger charge is 2.30. The van der Waals surface area contributed by atoms with Crippen molar-refractivity contribution in [2.45, 2.75) is 19.3 Å². The maximum Gasteiger partial charge on any atom is 0.200 e. The van der Waals surface area contributed by atoms with Gasteiger partial charge in [0.2, 0.25) is 5.82 Å². The minimum absolute atomic E-state index is 0.171. The first kappa shape index (κ1) is 18.3. The van der Waals surface area contributed by atoms with Crippen LogP contribution in [0.1, 0.15) is 25.1 Å². The molecule has 0 bridgehead atoms. The van der Waals surface area contributed by atoms with Crippen LogP contribution >= 0.6 is 12.2 Å². The summed E-state index contributed by atoms with van der Waals surface area (Å²) in [6.07, 6.45) is 1.71. The molecule has 0 aliphatic heterocycles. The highest BCUT2D eigenvalue weighted by molar-refractivity contribution is 7.71. The summed E-state index contributed by atoms with van der Waals surface area (Å²) < 4.78 is 48.2. The van der Waals surface area contributed by atoms with E-state index in [4.69, 9.17) is 17.0 Å². The fourth-order valence-corrected chi connectivity index (χ4v) is 3.16. The highest BCUT2D eigenvalue weighted by Crippen LogP contribution is 2.36. The number of imidazole rings is 1. The molecule has 0 unspecified atom stereocenters. The predicted octanol–water partition coefficient (Wildman–Crippen LogP) is 5.29. The number of H-pyrrole nitrogens is 1. The number of halogens is 3. The molecular weight excluding hydrogens is 361 g/mol. The van der Waals surface area contributed by atoms with Crippen molar-refractivity contribution < 1.29 is 17.9 Å². The molecule has 0 spiro atoms. The van der Waals surface area contributed by atoms with Gasteiger partial charge in [-0.1, -0.05) is 13.8 Å². The van der Waals surface area contributed by atoms with Crippen LogP contribution in [0.4, 0.5) is 13.2 Å². The van der Waals surface area contributed by atoms with Crippen LogP contribution in [-0.4, -0.2) is 16.7 Å². The van der Waals surface area contributed by atoms with Crippen molar-refractivity contribution in [1.82, 2.24) is 9.55 Å². The average Bonchev–Trinajstić information content (AvgIpc) is 3.00. The Hall–Kier alpha value is -2.54. The van der Waals surface area contributed by atoms with Crippen LogP contribution in [0.3, 0.4) is 0 Å². The van der Waals surface area contributed by atoms with Crippen LogP contribution in [0.2, 0.25) is 0 Å². The molecule has 1 N–H and O–H groups in total. The smallest absolute Gasteiger partial charge is 0.200 e. The quantitative estimate of drug-likeness (QED) is 0.626. The van der Waals surface area contributed by atoms with Gasteiger partial charge in [0.1, 0.15) is 5.82 Å². The zero-order valence-corrected chi connectivity index (χ0v) is 15.3. The Balaban J connectivity index is 2.19. The summed E-state index contributed by atoms with van der Waals surface area (Å²) >= 11 is 5.36. The third kappa shape index (κ3) is 3.03. The first-order valence-electron chi connectivity index (χ1n) is 7.86. The summed E-state index contributed by atoms with van der Waals surface area (Å²) in [6, 6.07) is 8.48. The van der Waals surface area contributed by atoms with E-state index in [2.05, 4.69) is 4.98 Å². The second-order valence-electron chi connectivity index (χ2n) is 6.39. The molecule has 0 amide bonds. The molecule has 136 valence electrons. The van der Waals surface area contributed by atoms with Crippen molar-refractivity contribution in [1.29, 1.82) is 0 Å². The zero-order valence-electron chi connectivity index (χ0n) is 14.4. The van der Waals surface area contributed by atoms with Crippen LogP contribution < -0.4 is 4.74 Å². The molecule has 0 aliphatic carbocycles. The molecule has 0 aliphatic rings. The molecule has 0 atom stereocenters. The Morgan fingerprint density at radius 1 is 1.08 bits per heavy atom. The predicted molar refractivity (Wildman–Crippen MR) is 95.9 cm³/mol. The maximum atomic E-state index is 14.0. The Labute approximate surface area is 154 Å². The lowest BCUT2D eigenvalue weighted by Crippen LogP contribution is -2.23. The van der Waals surface area contributed by atoms with Crippen LogP contribution in [-0.2, 0) is 5.41 Å². The van der Waals surface area contributed by atoms with E-state index in [1.54, 1.807) is 22.9 Å². The monoisotopic (exact) mass is 378 g/mol. The minimum Gasteiger partial charge on any atom is -0.494 e. The molecule has 0 radical (unpaired) electrons. The standard InChI is InChI=1S/C19H17F3N2OS/c1-19(2,11-8-14(21)17(22)15(9-11)25-3)16-10-23-18(26)24(16)13-6-4-12(20)5-7-13/h4-10H,1-3H3,(H,23,26). The van der Waals surface area contributed by atoms with Gasteiger partial charge in [-0.25, -0.2) is 8.78 Å². The lowest BCUT2D eigenvalue weighted by Gasteiger charge is -2.27. The number of ether oxygens (including phenoxy) is 1. The second-order valence-corrected chi connectivity index (χ2v) is 6.78. The lowest BCUT2D eigenvalue weighted by molar-refractivity contribution is 0.369. The number of hydrogen-bond acceptors (Lipinski definition) is 2. The first-order valence-corrected chi connectivity index (χ1v) is 8.27. The number of rotatable bonds is 4. The van der Waals surface area contributed by atoms with Crippen molar-refractivity contribution in [3.8, 4) is 11.4 Å². The van der Waals surface area contributed by atoms with Gasteiger partial charge in [-0.05, 0) is 54.2 Å². The van der Waals surface area contributed by atoms with E-state index in [1.807, 2.05) is 13.8 Å². The summed E-state index contributed by atoms with van der Waals surface area (Å²) in [5.41, 5.74) is 1.14. The van der Waals surface area contributed by atoms with Crippen LogP contribution in [0.5, 0.6) is 5.75 Å². The molecule has 0 saturated carbocycles. The van der Waals surface area contributed by atoms with Crippen LogP contribution in [0, 0.1) is 22.2 Å². The van der Waals surface area contributed by atoms with E-state index in [0.717, 1.165) is 6.07 Å². The van der Waals surface area contributed by atoms with Gasteiger partial charge >= 0.3 is 0 Å². The molecule has 26 heavy (non-hydrogen) atoms. The number of aromatic nitrogens is 2. The molecule has 3 nitrogen and oxygen atoms in total. The molecule has 3 rings (SSSR count). The van der Waals surface area contributed by atoms with Gasteiger partial charge in [0.25, 0.3) is 0 Å². The first-order chi connectivity index (χ1) is 12.3. The number of aromatic amines is 1. The Morgan fingerprint density at radius 3 is 2.35 bits per heavy atom. The second kappa shape index (κ2) is 6.64. The maximum absolute atomic E-state index is 14.0. The van der Waals surface area contributed by atoms with Gasteiger partial charge in [-0.15, -0.1) is 0 Å². The van der Waals surface area contributed by atoms with Gasteiger partial charge in [0, 0.05) is 17.3 Å². The molecule has 1 aromatic heterocycles. The number of hydrogen-bond donors (Lipinski definition) is 1. The van der Waals surface area contributed by atoms with E-state index in [9.17, 15) is 13.2 Å². The van der Waals surface area contributed by atoms with Crippen molar-refractivity contribution in [2.24, 2.45) is 0 Å². The SMILES string of the molecule is COc1cc(C(C)(C)c2c[nH]c(=S)n2-c2ccc(F)cc2)cc(F)c1F. The van der Waals surface area contributed by atoms with E-state index >= 15 is 0 Å². The van der Waals surface area contributed by atoms with Gasteiger partial charge in [-0.3, -0.25) is 4.57 Å². The highest BCUT2D eigenvalue weighted by atomic mass is 32.1. The summed E-state index contributed by atoms with van der Waals surface area (Å²) in [4.78, 5) is 2.97. The molecule has 2 aromatic carbocycles. The number of methoxy groups -OCH3 is 1. The third-order valence-corrected chi connectivity index (χ3v) is 4.74. The van der Waals surface area contributed by atoms with E-state index in [1.165, 1.54) is 25.3 Å². The fourth-order valence-electron chi connectivity index (χ4n) is 2.90. The zero-order chi connectivity index (χ0) is 19.1. The molecule has 1 heterocycles. The summed E-state index contributed by atoms with van der Waals surface area (Å²) in [6.45, 7) is 3.72.